The van der Waals surface area contributed by atoms with Gasteiger partial charge in [-0.2, -0.15) is 0 Å². The summed E-state index contributed by atoms with van der Waals surface area (Å²) in [6.07, 6.45) is 0. The van der Waals surface area contributed by atoms with E-state index < -0.39 is 5.97 Å². The van der Waals surface area contributed by atoms with Gasteiger partial charge in [-0.05, 0) is 43.3 Å². The lowest BCUT2D eigenvalue weighted by molar-refractivity contribution is -0.143. The molecule has 134 valence electrons. The van der Waals surface area contributed by atoms with E-state index in [2.05, 4.69) is 10.3 Å². The van der Waals surface area contributed by atoms with Gasteiger partial charge in [-0.3, -0.25) is 9.59 Å². The molecule has 0 fully saturated rings. The summed E-state index contributed by atoms with van der Waals surface area (Å²) in [6, 6.07) is 14.4. The predicted octanol–water partition coefficient (Wildman–Crippen LogP) is 3.17. The van der Waals surface area contributed by atoms with Crippen molar-refractivity contribution < 1.29 is 19.1 Å². The quantitative estimate of drug-likeness (QED) is 0.647. The summed E-state index contributed by atoms with van der Waals surface area (Å²) < 4.78 is 11.5. The van der Waals surface area contributed by atoms with Crippen molar-refractivity contribution in [2.75, 3.05) is 13.2 Å². The molecule has 0 aliphatic rings. The maximum atomic E-state index is 12.0. The van der Waals surface area contributed by atoms with Crippen molar-refractivity contribution in [2.24, 2.45) is 0 Å². The Balaban J connectivity index is 1.46. The first kappa shape index (κ1) is 17.9. The van der Waals surface area contributed by atoms with Crippen LogP contribution in [0.5, 0.6) is 5.75 Å². The Kier molecular flexibility index (Phi) is 5.80. The Morgan fingerprint density at radius 2 is 1.88 bits per heavy atom. The first-order chi connectivity index (χ1) is 12.7. The number of hydrogen-bond donors (Lipinski definition) is 1. The first-order valence-electron chi connectivity index (χ1n) is 8.17. The average molecular weight is 370 g/mol. The third-order valence-corrected chi connectivity index (χ3v) is 4.53. The number of para-hydroxylation sites is 1. The molecule has 0 aliphatic carbocycles. The SMILES string of the molecule is CCOc1ccc(C(=O)NCC(=O)OCc2nc3ccccc3s2)cc1. The van der Waals surface area contributed by atoms with Gasteiger partial charge in [0.2, 0.25) is 0 Å². The summed E-state index contributed by atoms with van der Waals surface area (Å²) in [5.41, 5.74) is 1.33. The average Bonchev–Trinajstić information content (AvgIpc) is 3.08. The summed E-state index contributed by atoms with van der Waals surface area (Å²) >= 11 is 1.48. The summed E-state index contributed by atoms with van der Waals surface area (Å²) in [4.78, 5) is 28.3. The number of fused-ring (bicyclic) bond motifs is 1. The molecule has 1 amide bonds. The smallest absolute Gasteiger partial charge is 0.325 e. The molecule has 0 unspecified atom stereocenters. The zero-order chi connectivity index (χ0) is 18.4. The number of nitrogens with one attached hydrogen (secondary N) is 1. The van der Waals surface area contributed by atoms with Crippen LogP contribution in [0.3, 0.4) is 0 Å². The molecule has 0 radical (unpaired) electrons. The highest BCUT2D eigenvalue weighted by Crippen LogP contribution is 2.21. The Bertz CT molecular complexity index is 872. The van der Waals surface area contributed by atoms with Crippen LogP contribution >= 0.6 is 11.3 Å². The molecular formula is C19H18N2O4S. The largest absolute Gasteiger partial charge is 0.494 e. The van der Waals surface area contributed by atoms with Gasteiger partial charge in [-0.25, -0.2) is 4.98 Å². The Labute approximate surface area is 154 Å². The second kappa shape index (κ2) is 8.44. The number of esters is 1. The second-order valence-electron chi connectivity index (χ2n) is 5.38. The van der Waals surface area contributed by atoms with Gasteiger partial charge in [0.1, 0.15) is 23.9 Å². The molecule has 0 spiro atoms. The highest BCUT2D eigenvalue weighted by Gasteiger charge is 2.11. The van der Waals surface area contributed by atoms with Crippen LogP contribution < -0.4 is 10.1 Å². The maximum Gasteiger partial charge on any atom is 0.325 e. The van der Waals surface area contributed by atoms with E-state index in [1.54, 1.807) is 24.3 Å². The number of rotatable bonds is 7. The molecule has 0 atom stereocenters. The standard InChI is InChI=1S/C19H18N2O4S/c1-2-24-14-9-7-13(8-10-14)19(23)20-11-18(22)25-12-17-21-15-5-3-4-6-16(15)26-17/h3-10H,2,11-12H2,1H3,(H,20,23). The number of thiazole rings is 1. The second-order valence-corrected chi connectivity index (χ2v) is 6.49. The van der Waals surface area contributed by atoms with Gasteiger partial charge in [0, 0.05) is 5.56 Å². The highest BCUT2D eigenvalue weighted by atomic mass is 32.1. The van der Waals surface area contributed by atoms with Crippen LogP contribution in [0.1, 0.15) is 22.3 Å². The van der Waals surface area contributed by atoms with Gasteiger partial charge >= 0.3 is 5.97 Å². The molecule has 3 aromatic rings. The van der Waals surface area contributed by atoms with Crippen molar-refractivity contribution in [1.82, 2.24) is 10.3 Å². The minimum Gasteiger partial charge on any atom is -0.494 e. The third kappa shape index (κ3) is 4.58. The summed E-state index contributed by atoms with van der Waals surface area (Å²) in [6.45, 7) is 2.35. The first-order valence-corrected chi connectivity index (χ1v) is 8.98. The van der Waals surface area contributed by atoms with Crippen LogP contribution in [0.25, 0.3) is 10.2 Å². The summed E-state index contributed by atoms with van der Waals surface area (Å²) in [5.74, 6) is -0.159. The van der Waals surface area contributed by atoms with Gasteiger partial charge in [0.15, 0.2) is 0 Å². The summed E-state index contributed by atoms with van der Waals surface area (Å²) in [5, 5.41) is 3.26. The van der Waals surface area contributed by atoms with Crippen molar-refractivity contribution in [1.29, 1.82) is 0 Å². The Morgan fingerprint density at radius 1 is 1.12 bits per heavy atom. The molecule has 2 aromatic carbocycles. The Hall–Kier alpha value is -2.93. The van der Waals surface area contributed by atoms with Gasteiger partial charge in [-0.1, -0.05) is 12.1 Å². The van der Waals surface area contributed by atoms with E-state index in [9.17, 15) is 9.59 Å². The molecule has 1 aromatic heterocycles. The number of ether oxygens (including phenoxy) is 2. The molecule has 0 saturated heterocycles. The van der Waals surface area contributed by atoms with Crippen molar-refractivity contribution in [3.63, 3.8) is 0 Å². The monoisotopic (exact) mass is 370 g/mol. The number of aromatic nitrogens is 1. The molecule has 6 nitrogen and oxygen atoms in total. The Morgan fingerprint density at radius 3 is 2.62 bits per heavy atom. The molecule has 3 rings (SSSR count). The fraction of sp³-hybridized carbons (Fsp3) is 0.211. The van der Waals surface area contributed by atoms with Crippen LogP contribution in [0.4, 0.5) is 0 Å². The maximum absolute atomic E-state index is 12.0. The van der Waals surface area contributed by atoms with Gasteiger partial charge in [-0.15, -0.1) is 11.3 Å². The predicted molar refractivity (Wildman–Crippen MR) is 99.4 cm³/mol. The number of nitrogens with zero attached hydrogens (tertiary/aromatic N) is 1. The molecular weight excluding hydrogens is 352 g/mol. The number of carbonyl (C=O) groups is 2. The molecule has 0 saturated carbocycles. The lowest BCUT2D eigenvalue weighted by Crippen LogP contribution is -2.30. The zero-order valence-electron chi connectivity index (χ0n) is 14.2. The van der Waals surface area contributed by atoms with E-state index >= 15 is 0 Å². The molecule has 0 bridgehead atoms. The number of hydrogen-bond acceptors (Lipinski definition) is 6. The van der Waals surface area contributed by atoms with Crippen LogP contribution in [0.15, 0.2) is 48.5 Å². The highest BCUT2D eigenvalue weighted by molar-refractivity contribution is 7.18. The van der Waals surface area contributed by atoms with Crippen molar-refractivity contribution in [3.05, 3.63) is 59.1 Å². The van der Waals surface area contributed by atoms with Gasteiger partial charge in [0.25, 0.3) is 5.91 Å². The molecule has 1 N–H and O–H groups in total. The molecule has 0 aliphatic heterocycles. The van der Waals surface area contributed by atoms with Crippen LogP contribution in [-0.4, -0.2) is 30.0 Å². The lowest BCUT2D eigenvalue weighted by Gasteiger charge is -2.07. The minimum atomic E-state index is -0.511. The molecule has 26 heavy (non-hydrogen) atoms. The van der Waals surface area contributed by atoms with E-state index in [0.29, 0.717) is 17.9 Å². The fourth-order valence-electron chi connectivity index (χ4n) is 2.30. The molecule has 7 heteroatoms. The van der Waals surface area contributed by atoms with Crippen LogP contribution in [0, 0.1) is 0 Å². The third-order valence-electron chi connectivity index (χ3n) is 3.52. The number of amides is 1. The van der Waals surface area contributed by atoms with Gasteiger partial charge < -0.3 is 14.8 Å². The summed E-state index contributed by atoms with van der Waals surface area (Å²) in [7, 11) is 0. The van der Waals surface area contributed by atoms with Crippen molar-refractivity contribution in [2.45, 2.75) is 13.5 Å². The topological polar surface area (TPSA) is 77.5 Å². The van der Waals surface area contributed by atoms with Crippen molar-refractivity contribution in [3.8, 4) is 5.75 Å². The zero-order valence-corrected chi connectivity index (χ0v) is 15.0. The van der Waals surface area contributed by atoms with Crippen LogP contribution in [-0.2, 0) is 16.1 Å². The van der Waals surface area contributed by atoms with Crippen molar-refractivity contribution >= 4 is 33.4 Å². The normalized spacial score (nSPS) is 10.5. The van der Waals surface area contributed by atoms with E-state index in [1.165, 1.54) is 11.3 Å². The van der Waals surface area contributed by atoms with E-state index in [1.807, 2.05) is 31.2 Å². The van der Waals surface area contributed by atoms with E-state index in [0.717, 1.165) is 15.2 Å². The minimum absolute atomic E-state index is 0.0943. The number of carbonyl (C=O) groups excluding carboxylic acids is 2. The lowest BCUT2D eigenvalue weighted by atomic mass is 10.2. The van der Waals surface area contributed by atoms with Gasteiger partial charge in [0.05, 0.1) is 16.8 Å². The number of benzene rings is 2. The van der Waals surface area contributed by atoms with E-state index in [-0.39, 0.29) is 19.1 Å². The fourth-order valence-corrected chi connectivity index (χ4v) is 3.18. The van der Waals surface area contributed by atoms with Crippen LogP contribution in [0.2, 0.25) is 0 Å². The van der Waals surface area contributed by atoms with E-state index in [4.69, 9.17) is 9.47 Å². The molecule has 1 heterocycles.